The van der Waals surface area contributed by atoms with E-state index in [2.05, 4.69) is 15.0 Å². The molecule has 2 rings (SSSR count). The van der Waals surface area contributed by atoms with Gasteiger partial charge in [-0.1, -0.05) is 0 Å². The number of sulfonamides is 1. The van der Waals surface area contributed by atoms with Crippen LogP contribution in [0.5, 0.6) is 0 Å². The van der Waals surface area contributed by atoms with Gasteiger partial charge in [-0.05, 0) is 58.6 Å². The predicted octanol–water partition coefficient (Wildman–Crippen LogP) is 3.32. The maximum atomic E-state index is 12.7. The van der Waals surface area contributed by atoms with Gasteiger partial charge in [0.25, 0.3) is 0 Å². The highest BCUT2D eigenvalue weighted by Gasteiger charge is 2.34. The highest BCUT2D eigenvalue weighted by Crippen LogP contribution is 2.31. The topological polar surface area (TPSA) is 88.2 Å². The molecular formula is C17H24F3N3O3S. The Morgan fingerprint density at radius 3 is 2.26 bits per heavy atom. The van der Waals surface area contributed by atoms with Gasteiger partial charge < -0.3 is 5.32 Å². The molecular weight excluding hydrogens is 383 g/mol. The first-order chi connectivity index (χ1) is 12.3. The van der Waals surface area contributed by atoms with Gasteiger partial charge in [-0.25, -0.2) is 18.1 Å². The first kappa shape index (κ1) is 21.6. The highest BCUT2D eigenvalue weighted by molar-refractivity contribution is 7.90. The number of hydrogen-bond acceptors (Lipinski definition) is 4. The molecule has 152 valence electrons. The molecule has 1 aromatic heterocycles. The molecule has 6 nitrogen and oxygen atoms in total. The molecule has 1 aromatic rings. The van der Waals surface area contributed by atoms with Crippen molar-refractivity contribution in [1.29, 1.82) is 0 Å². The fourth-order valence-corrected chi connectivity index (χ4v) is 3.80. The summed E-state index contributed by atoms with van der Waals surface area (Å²) in [4.78, 5) is 16.1. The number of anilines is 1. The van der Waals surface area contributed by atoms with E-state index >= 15 is 0 Å². The molecule has 27 heavy (non-hydrogen) atoms. The van der Waals surface area contributed by atoms with Crippen LogP contribution in [-0.2, 0) is 21.0 Å². The number of pyridine rings is 1. The van der Waals surface area contributed by atoms with Crippen molar-refractivity contribution < 1.29 is 26.4 Å². The normalized spacial score (nSPS) is 21.7. The van der Waals surface area contributed by atoms with E-state index in [9.17, 15) is 26.4 Å². The van der Waals surface area contributed by atoms with Gasteiger partial charge in [-0.15, -0.1) is 0 Å². The summed E-state index contributed by atoms with van der Waals surface area (Å²) in [5, 5.41) is 2.42. The molecule has 0 radical (unpaired) electrons. The van der Waals surface area contributed by atoms with Crippen molar-refractivity contribution in [3.63, 3.8) is 0 Å². The summed E-state index contributed by atoms with van der Waals surface area (Å²) in [6.45, 7) is 4.82. The zero-order valence-corrected chi connectivity index (χ0v) is 16.2. The van der Waals surface area contributed by atoms with Crippen LogP contribution in [0.2, 0.25) is 0 Å². The van der Waals surface area contributed by atoms with Crippen molar-refractivity contribution in [3.05, 3.63) is 23.9 Å². The summed E-state index contributed by atoms with van der Waals surface area (Å²) in [6, 6.07) is 1.38. The van der Waals surface area contributed by atoms with Gasteiger partial charge >= 0.3 is 6.18 Å². The molecule has 1 fully saturated rings. The Hall–Kier alpha value is -1.68. The number of nitrogens with one attached hydrogen (secondary N) is 2. The third kappa shape index (κ3) is 5.65. The number of halogens is 3. The third-order valence-corrected chi connectivity index (χ3v) is 6.82. The third-order valence-electron chi connectivity index (χ3n) is 4.56. The molecule has 1 heterocycles. The lowest BCUT2D eigenvalue weighted by Crippen LogP contribution is -2.46. The van der Waals surface area contributed by atoms with E-state index in [0.717, 1.165) is 18.3 Å². The lowest BCUT2D eigenvalue weighted by Gasteiger charge is -2.30. The monoisotopic (exact) mass is 407 g/mol. The lowest BCUT2D eigenvalue weighted by atomic mass is 9.86. The number of hydrogen-bond donors (Lipinski definition) is 2. The number of carbonyl (C=O) groups is 1. The van der Waals surface area contributed by atoms with Crippen LogP contribution in [0.15, 0.2) is 18.3 Å². The maximum absolute atomic E-state index is 12.7. The molecule has 1 aliphatic rings. The molecule has 0 aliphatic heterocycles. The SMILES string of the molecule is CC(C)(C)S(=O)(=O)NC1CCC(C(=O)Nc2cc(C(F)(F)F)ccn2)CC1. The van der Waals surface area contributed by atoms with Crippen LogP contribution >= 0.6 is 0 Å². The van der Waals surface area contributed by atoms with Gasteiger partial charge in [-0.2, -0.15) is 13.2 Å². The Balaban J connectivity index is 1.92. The number of alkyl halides is 3. The van der Waals surface area contributed by atoms with Gasteiger partial charge in [0.2, 0.25) is 15.9 Å². The lowest BCUT2D eigenvalue weighted by molar-refractivity contribution is -0.137. The van der Waals surface area contributed by atoms with Crippen molar-refractivity contribution >= 4 is 21.7 Å². The largest absolute Gasteiger partial charge is 0.416 e. The van der Waals surface area contributed by atoms with E-state index in [1.807, 2.05) is 0 Å². The van der Waals surface area contributed by atoms with Crippen molar-refractivity contribution in [2.24, 2.45) is 5.92 Å². The van der Waals surface area contributed by atoms with Gasteiger partial charge in [0.15, 0.2) is 0 Å². The second-order valence-corrected chi connectivity index (χ2v) is 10.2. The van der Waals surface area contributed by atoms with Crippen LogP contribution in [0.4, 0.5) is 19.0 Å². The zero-order chi connectivity index (χ0) is 20.5. The van der Waals surface area contributed by atoms with E-state index in [4.69, 9.17) is 0 Å². The average molecular weight is 407 g/mol. The summed E-state index contributed by atoms with van der Waals surface area (Å²) in [5.74, 6) is -0.943. The highest BCUT2D eigenvalue weighted by atomic mass is 32.2. The van der Waals surface area contributed by atoms with Crippen LogP contribution in [0, 0.1) is 5.92 Å². The molecule has 2 N–H and O–H groups in total. The molecule has 0 atom stereocenters. The summed E-state index contributed by atoms with van der Waals surface area (Å²) >= 11 is 0. The Morgan fingerprint density at radius 2 is 1.74 bits per heavy atom. The Bertz CT molecular complexity index is 781. The van der Waals surface area contributed by atoms with Gasteiger partial charge in [0, 0.05) is 18.2 Å². The molecule has 0 saturated heterocycles. The second-order valence-electron chi connectivity index (χ2n) is 7.70. The Kier molecular flexibility index (Phi) is 6.20. The molecule has 0 spiro atoms. The molecule has 0 aromatic carbocycles. The van der Waals surface area contributed by atoms with E-state index in [0.29, 0.717) is 25.7 Å². The van der Waals surface area contributed by atoms with Crippen molar-refractivity contribution in [2.75, 3.05) is 5.32 Å². The first-order valence-corrected chi connectivity index (χ1v) is 10.1. The average Bonchev–Trinajstić information content (AvgIpc) is 2.53. The fraction of sp³-hybridized carbons (Fsp3) is 0.647. The predicted molar refractivity (Wildman–Crippen MR) is 95.4 cm³/mol. The maximum Gasteiger partial charge on any atom is 0.416 e. The van der Waals surface area contributed by atoms with E-state index < -0.39 is 38.3 Å². The zero-order valence-electron chi connectivity index (χ0n) is 15.4. The summed E-state index contributed by atoms with van der Waals surface area (Å²) < 4.78 is 64.3. The quantitative estimate of drug-likeness (QED) is 0.802. The van der Waals surface area contributed by atoms with E-state index in [1.54, 1.807) is 20.8 Å². The minimum Gasteiger partial charge on any atom is -0.310 e. The second kappa shape index (κ2) is 7.75. The minimum absolute atomic E-state index is 0.148. The van der Waals surface area contributed by atoms with Crippen LogP contribution in [0.25, 0.3) is 0 Å². The Morgan fingerprint density at radius 1 is 1.15 bits per heavy atom. The number of carbonyl (C=O) groups excluding carboxylic acids is 1. The van der Waals surface area contributed by atoms with Crippen molar-refractivity contribution in [2.45, 2.75) is 63.4 Å². The van der Waals surface area contributed by atoms with E-state index in [-0.39, 0.29) is 11.9 Å². The molecule has 1 aliphatic carbocycles. The molecule has 0 unspecified atom stereocenters. The fourth-order valence-electron chi connectivity index (χ4n) is 2.77. The van der Waals surface area contributed by atoms with Crippen LogP contribution < -0.4 is 10.0 Å². The van der Waals surface area contributed by atoms with Crippen molar-refractivity contribution in [3.8, 4) is 0 Å². The van der Waals surface area contributed by atoms with Gasteiger partial charge in [0.1, 0.15) is 5.82 Å². The van der Waals surface area contributed by atoms with Crippen molar-refractivity contribution in [1.82, 2.24) is 9.71 Å². The molecule has 0 bridgehead atoms. The summed E-state index contributed by atoms with van der Waals surface area (Å²) in [6.07, 6.45) is -1.64. The van der Waals surface area contributed by atoms with E-state index in [1.165, 1.54) is 0 Å². The molecule has 1 saturated carbocycles. The standard InChI is InChI=1S/C17H24F3N3O3S/c1-16(2,3)27(25,26)23-13-6-4-11(5-7-13)15(24)22-14-10-12(8-9-21-14)17(18,19)20/h8-11,13,23H,4-7H2,1-3H3,(H,21,22,24). The van der Waals surface area contributed by atoms with Crippen LogP contribution in [-0.4, -0.2) is 30.1 Å². The number of rotatable bonds is 4. The number of aromatic nitrogens is 1. The Labute approximate surface area is 157 Å². The number of nitrogens with zero attached hydrogens (tertiary/aromatic N) is 1. The molecule has 1 amide bonds. The summed E-state index contributed by atoms with van der Waals surface area (Å²) in [5.41, 5.74) is -0.881. The minimum atomic E-state index is -4.51. The van der Waals surface area contributed by atoms with Gasteiger partial charge in [-0.3, -0.25) is 4.79 Å². The van der Waals surface area contributed by atoms with Crippen LogP contribution in [0.3, 0.4) is 0 Å². The van der Waals surface area contributed by atoms with Gasteiger partial charge in [0.05, 0.1) is 10.3 Å². The first-order valence-electron chi connectivity index (χ1n) is 8.65. The summed E-state index contributed by atoms with van der Waals surface area (Å²) in [7, 11) is -3.47. The molecule has 10 heteroatoms. The number of amides is 1. The smallest absolute Gasteiger partial charge is 0.310 e. The van der Waals surface area contributed by atoms with Crippen LogP contribution in [0.1, 0.15) is 52.0 Å².